The van der Waals surface area contributed by atoms with E-state index < -0.39 is 34.8 Å². The topological polar surface area (TPSA) is 69.6 Å². The Bertz CT molecular complexity index is 1250. The Labute approximate surface area is 220 Å². The Morgan fingerprint density at radius 3 is 2.30 bits per heavy atom. The van der Waals surface area contributed by atoms with Gasteiger partial charge in [0.2, 0.25) is 0 Å². The molecule has 0 aliphatic carbocycles. The summed E-state index contributed by atoms with van der Waals surface area (Å²) in [6, 6.07) is 7.79. The third-order valence-corrected chi connectivity index (χ3v) is 6.99. The Hall–Kier alpha value is -3.00. The quantitative estimate of drug-likeness (QED) is 0.392. The number of carbonyl (C=O) groups is 2. The van der Waals surface area contributed by atoms with Crippen molar-refractivity contribution in [1.82, 2.24) is 5.32 Å². The SMILES string of the molecule is CC(C)C1=CN(c2ccc(C(=O)O)c(C(F)(F)F)c2)C(=O)N[C@@]1(C)c1ccc(CCC(C)(C)C)c(Cl)c1. The zero-order chi connectivity index (χ0) is 27.9. The highest BCUT2D eigenvalue weighted by atomic mass is 35.5. The number of rotatable bonds is 6. The van der Waals surface area contributed by atoms with Crippen LogP contribution in [0.4, 0.5) is 23.7 Å². The summed E-state index contributed by atoms with van der Waals surface area (Å²) in [5.74, 6) is -1.79. The highest BCUT2D eigenvalue weighted by molar-refractivity contribution is 6.31. The van der Waals surface area contributed by atoms with Crippen LogP contribution in [0.2, 0.25) is 5.02 Å². The summed E-state index contributed by atoms with van der Waals surface area (Å²) in [5.41, 5.74) is -0.600. The van der Waals surface area contributed by atoms with E-state index in [-0.39, 0.29) is 17.0 Å². The van der Waals surface area contributed by atoms with Crippen molar-refractivity contribution < 1.29 is 27.9 Å². The van der Waals surface area contributed by atoms with Crippen LogP contribution in [0.3, 0.4) is 0 Å². The summed E-state index contributed by atoms with van der Waals surface area (Å²) in [5, 5.41) is 12.7. The normalized spacial score (nSPS) is 18.6. The molecule has 0 saturated carbocycles. The fraction of sp³-hybridized carbons (Fsp3) is 0.429. The van der Waals surface area contributed by atoms with Crippen molar-refractivity contribution in [3.05, 3.63) is 75.4 Å². The van der Waals surface area contributed by atoms with Gasteiger partial charge in [0.15, 0.2) is 0 Å². The van der Waals surface area contributed by atoms with Gasteiger partial charge in [0.1, 0.15) is 0 Å². The average Bonchev–Trinajstić information content (AvgIpc) is 2.76. The van der Waals surface area contributed by atoms with E-state index in [2.05, 4.69) is 26.1 Å². The second-order valence-electron chi connectivity index (χ2n) is 11.1. The van der Waals surface area contributed by atoms with Crippen LogP contribution in [-0.2, 0) is 18.1 Å². The lowest BCUT2D eigenvalue weighted by Gasteiger charge is -2.42. The van der Waals surface area contributed by atoms with E-state index in [1.54, 1.807) is 0 Å². The molecule has 0 spiro atoms. The second kappa shape index (κ2) is 10.0. The van der Waals surface area contributed by atoms with Crippen molar-refractivity contribution in [2.24, 2.45) is 11.3 Å². The van der Waals surface area contributed by atoms with Gasteiger partial charge in [-0.05, 0) is 72.1 Å². The van der Waals surface area contributed by atoms with E-state index in [0.29, 0.717) is 11.1 Å². The number of anilines is 1. The van der Waals surface area contributed by atoms with Gasteiger partial charge in [0, 0.05) is 11.2 Å². The number of carboxylic acids is 1. The number of carbonyl (C=O) groups excluding carboxylic acids is 1. The fourth-order valence-corrected chi connectivity index (χ4v) is 4.78. The van der Waals surface area contributed by atoms with Gasteiger partial charge >= 0.3 is 18.2 Å². The van der Waals surface area contributed by atoms with E-state index in [1.165, 1.54) is 12.3 Å². The molecular formula is C28H32ClF3N2O3. The molecule has 0 saturated heterocycles. The van der Waals surface area contributed by atoms with Crippen molar-refractivity contribution in [1.29, 1.82) is 0 Å². The van der Waals surface area contributed by atoms with Crippen LogP contribution < -0.4 is 10.2 Å². The molecule has 200 valence electrons. The lowest BCUT2D eigenvalue weighted by Crippen LogP contribution is -2.55. The Morgan fingerprint density at radius 1 is 1.14 bits per heavy atom. The number of urea groups is 1. The maximum Gasteiger partial charge on any atom is 0.417 e. The summed E-state index contributed by atoms with van der Waals surface area (Å²) in [6.45, 7) is 12.2. The molecule has 2 amide bonds. The molecule has 0 unspecified atom stereocenters. The van der Waals surface area contributed by atoms with Crippen molar-refractivity contribution in [3.63, 3.8) is 0 Å². The van der Waals surface area contributed by atoms with Crippen molar-refractivity contribution in [3.8, 4) is 0 Å². The number of nitrogens with zero attached hydrogens (tertiary/aromatic N) is 1. The van der Waals surface area contributed by atoms with Gasteiger partial charge in [-0.15, -0.1) is 0 Å². The molecule has 3 rings (SSSR count). The maximum absolute atomic E-state index is 13.6. The Kier molecular flexibility index (Phi) is 7.76. The van der Waals surface area contributed by atoms with E-state index >= 15 is 0 Å². The number of hydrogen-bond acceptors (Lipinski definition) is 2. The molecule has 5 nitrogen and oxygen atoms in total. The van der Waals surface area contributed by atoms with Gasteiger partial charge in [-0.2, -0.15) is 13.2 Å². The standard InChI is InChI=1S/C28H32ClF3N2O3/c1-16(2)22-15-34(19-9-10-20(24(35)36)21(14-19)28(30,31)32)25(37)33-27(22,6)18-8-7-17(23(29)13-18)11-12-26(3,4)5/h7-10,13-16H,11-12H2,1-6H3,(H,33,37)(H,35,36)/t27-/m0/s1. The van der Waals surface area contributed by atoms with Crippen molar-refractivity contribution >= 4 is 29.3 Å². The summed E-state index contributed by atoms with van der Waals surface area (Å²) < 4.78 is 40.7. The van der Waals surface area contributed by atoms with Gasteiger partial charge in [0.25, 0.3) is 0 Å². The minimum Gasteiger partial charge on any atom is -0.478 e. The molecule has 1 aliphatic heterocycles. The summed E-state index contributed by atoms with van der Waals surface area (Å²) in [7, 11) is 0. The van der Waals surface area contributed by atoms with E-state index in [1.807, 2.05) is 39.0 Å². The molecule has 1 atom stereocenters. The van der Waals surface area contributed by atoms with Crippen LogP contribution in [0, 0.1) is 11.3 Å². The van der Waals surface area contributed by atoms with Crippen LogP contribution in [0.1, 0.15) is 75.0 Å². The number of halogens is 4. The number of nitrogens with one attached hydrogen (secondary N) is 1. The second-order valence-corrected chi connectivity index (χ2v) is 11.5. The molecule has 37 heavy (non-hydrogen) atoms. The molecule has 0 radical (unpaired) electrons. The summed E-state index contributed by atoms with van der Waals surface area (Å²) >= 11 is 6.63. The number of hydrogen-bond donors (Lipinski definition) is 2. The molecule has 9 heteroatoms. The summed E-state index contributed by atoms with van der Waals surface area (Å²) in [4.78, 5) is 25.6. The predicted molar refractivity (Wildman–Crippen MR) is 139 cm³/mol. The fourth-order valence-electron chi connectivity index (χ4n) is 4.50. The third kappa shape index (κ3) is 6.12. The molecule has 0 fully saturated rings. The number of benzene rings is 2. The smallest absolute Gasteiger partial charge is 0.417 e. The predicted octanol–water partition coefficient (Wildman–Crippen LogP) is 8.02. The van der Waals surface area contributed by atoms with Crippen LogP contribution in [0.25, 0.3) is 0 Å². The van der Waals surface area contributed by atoms with Gasteiger partial charge in [0.05, 0.1) is 22.4 Å². The van der Waals surface area contributed by atoms with E-state index in [0.717, 1.165) is 40.5 Å². The first-order chi connectivity index (χ1) is 16.9. The molecular weight excluding hydrogens is 505 g/mol. The molecule has 2 N–H and O–H groups in total. The first-order valence-corrected chi connectivity index (χ1v) is 12.4. The van der Waals surface area contributed by atoms with Gasteiger partial charge in [-0.25, -0.2) is 9.59 Å². The molecule has 0 bridgehead atoms. The highest BCUT2D eigenvalue weighted by Gasteiger charge is 2.41. The van der Waals surface area contributed by atoms with Crippen LogP contribution >= 0.6 is 11.6 Å². The van der Waals surface area contributed by atoms with Gasteiger partial charge in [-0.3, -0.25) is 4.90 Å². The number of aromatic carboxylic acids is 1. The first-order valence-electron chi connectivity index (χ1n) is 12.0. The molecule has 1 aliphatic rings. The largest absolute Gasteiger partial charge is 0.478 e. The number of aryl methyl sites for hydroxylation is 1. The summed E-state index contributed by atoms with van der Waals surface area (Å²) in [6.07, 6.45) is -1.62. The van der Waals surface area contributed by atoms with E-state index in [4.69, 9.17) is 11.6 Å². The Balaban J connectivity index is 2.05. The lowest BCUT2D eigenvalue weighted by molar-refractivity contribution is -0.138. The minimum atomic E-state index is -4.90. The zero-order valence-corrected chi connectivity index (χ0v) is 22.5. The van der Waals surface area contributed by atoms with E-state index in [9.17, 15) is 27.9 Å². The molecule has 0 aromatic heterocycles. The number of amides is 2. The number of alkyl halides is 3. The molecule has 2 aromatic rings. The van der Waals surface area contributed by atoms with Crippen LogP contribution in [0.15, 0.2) is 48.2 Å². The maximum atomic E-state index is 13.6. The third-order valence-electron chi connectivity index (χ3n) is 6.64. The minimum absolute atomic E-state index is 0.0900. The van der Waals surface area contributed by atoms with Crippen LogP contribution in [0.5, 0.6) is 0 Å². The van der Waals surface area contributed by atoms with Gasteiger partial charge < -0.3 is 10.4 Å². The zero-order valence-electron chi connectivity index (χ0n) is 21.8. The highest BCUT2D eigenvalue weighted by Crippen LogP contribution is 2.41. The van der Waals surface area contributed by atoms with Gasteiger partial charge in [-0.1, -0.05) is 58.4 Å². The monoisotopic (exact) mass is 536 g/mol. The van der Waals surface area contributed by atoms with Crippen molar-refractivity contribution in [2.75, 3.05) is 4.90 Å². The molecule has 2 aromatic carbocycles. The lowest BCUT2D eigenvalue weighted by atomic mass is 9.78. The van der Waals surface area contributed by atoms with Crippen LogP contribution in [-0.4, -0.2) is 17.1 Å². The van der Waals surface area contributed by atoms with Crippen molar-refractivity contribution in [2.45, 2.75) is 66.1 Å². The first kappa shape index (κ1) is 28.6. The number of carboxylic acid groups (broad SMARTS) is 1. The Morgan fingerprint density at radius 2 is 1.78 bits per heavy atom. The molecule has 1 heterocycles. The average molecular weight is 537 g/mol.